The fraction of sp³-hybridized carbons (Fsp3) is 0.562. The molecule has 1 saturated heterocycles. The number of carbonyl (C=O) groups excluding carboxylic acids is 1. The lowest BCUT2D eigenvalue weighted by molar-refractivity contribution is 0.0600. The van der Waals surface area contributed by atoms with Crippen LogP contribution in [0.4, 0.5) is 0 Å². The SMILES string of the molecule is CCCN(C1CCNC1)S(=O)(=O)c1ccc(C(=O)OC)cc1OC.Cl. The maximum Gasteiger partial charge on any atom is 0.337 e. The Kier molecular flexibility index (Phi) is 8.14. The molecule has 1 atom stereocenters. The summed E-state index contributed by atoms with van der Waals surface area (Å²) in [7, 11) is -1.06. The molecule has 2 rings (SSSR count). The summed E-state index contributed by atoms with van der Waals surface area (Å²) >= 11 is 0. The molecule has 0 bridgehead atoms. The van der Waals surface area contributed by atoms with Crippen LogP contribution in [0.1, 0.15) is 30.1 Å². The van der Waals surface area contributed by atoms with E-state index >= 15 is 0 Å². The van der Waals surface area contributed by atoms with Gasteiger partial charge in [0, 0.05) is 19.1 Å². The molecule has 0 amide bonds. The minimum Gasteiger partial charge on any atom is -0.495 e. The average molecular weight is 393 g/mol. The van der Waals surface area contributed by atoms with Gasteiger partial charge in [-0.1, -0.05) is 6.92 Å². The molecule has 0 radical (unpaired) electrons. The van der Waals surface area contributed by atoms with E-state index in [1.165, 1.54) is 36.7 Å². The van der Waals surface area contributed by atoms with Crippen LogP contribution >= 0.6 is 12.4 Å². The van der Waals surface area contributed by atoms with Crippen molar-refractivity contribution in [2.24, 2.45) is 0 Å². The van der Waals surface area contributed by atoms with Gasteiger partial charge in [-0.05, 0) is 37.6 Å². The van der Waals surface area contributed by atoms with E-state index in [1.54, 1.807) is 0 Å². The van der Waals surface area contributed by atoms with Gasteiger partial charge in [0.1, 0.15) is 10.6 Å². The van der Waals surface area contributed by atoms with Crippen LogP contribution in [0.25, 0.3) is 0 Å². The van der Waals surface area contributed by atoms with E-state index in [-0.39, 0.29) is 34.7 Å². The standard InChI is InChI=1S/C16H24N2O5S.ClH/c1-4-9-18(13-7-8-17-11-13)24(20,21)15-6-5-12(16(19)23-3)10-14(15)22-2;/h5-6,10,13,17H,4,7-9,11H2,1-3H3;1H. The number of rotatable bonds is 7. The van der Waals surface area contributed by atoms with Gasteiger partial charge in [-0.2, -0.15) is 4.31 Å². The summed E-state index contributed by atoms with van der Waals surface area (Å²) in [6.45, 7) is 3.83. The van der Waals surface area contributed by atoms with E-state index in [1.807, 2.05) is 6.92 Å². The van der Waals surface area contributed by atoms with E-state index in [9.17, 15) is 13.2 Å². The van der Waals surface area contributed by atoms with Crippen molar-refractivity contribution in [2.75, 3.05) is 33.9 Å². The van der Waals surface area contributed by atoms with Crippen LogP contribution in [0, 0.1) is 0 Å². The van der Waals surface area contributed by atoms with Crippen LogP contribution in [0.3, 0.4) is 0 Å². The molecule has 1 aliphatic heterocycles. The van der Waals surface area contributed by atoms with Crippen molar-refractivity contribution in [3.05, 3.63) is 23.8 Å². The molecule has 1 aliphatic rings. The zero-order valence-corrected chi connectivity index (χ0v) is 16.3. The normalized spacial score (nSPS) is 17.2. The summed E-state index contributed by atoms with van der Waals surface area (Å²) in [6.07, 6.45) is 1.50. The number of methoxy groups -OCH3 is 2. The van der Waals surface area contributed by atoms with Crippen molar-refractivity contribution in [2.45, 2.75) is 30.7 Å². The van der Waals surface area contributed by atoms with Gasteiger partial charge in [-0.25, -0.2) is 13.2 Å². The monoisotopic (exact) mass is 392 g/mol. The van der Waals surface area contributed by atoms with Crippen LogP contribution in [-0.2, 0) is 14.8 Å². The number of hydrogen-bond donors (Lipinski definition) is 1. The molecule has 0 aromatic heterocycles. The summed E-state index contributed by atoms with van der Waals surface area (Å²) in [5.41, 5.74) is 0.248. The molecule has 1 unspecified atom stereocenters. The highest BCUT2D eigenvalue weighted by Crippen LogP contribution is 2.30. The lowest BCUT2D eigenvalue weighted by Gasteiger charge is -2.28. The van der Waals surface area contributed by atoms with Gasteiger partial charge in [0.05, 0.1) is 19.8 Å². The lowest BCUT2D eigenvalue weighted by atomic mass is 10.2. The van der Waals surface area contributed by atoms with Gasteiger partial charge >= 0.3 is 5.97 Å². The van der Waals surface area contributed by atoms with Crippen LogP contribution in [0.2, 0.25) is 0 Å². The summed E-state index contributed by atoms with van der Waals surface area (Å²) in [6, 6.07) is 4.18. The van der Waals surface area contributed by atoms with Crippen molar-refractivity contribution >= 4 is 28.4 Å². The Labute approximate surface area is 155 Å². The van der Waals surface area contributed by atoms with Gasteiger partial charge in [-0.3, -0.25) is 0 Å². The second-order valence-electron chi connectivity index (χ2n) is 5.62. The third kappa shape index (κ3) is 4.63. The number of esters is 1. The van der Waals surface area contributed by atoms with Crippen molar-refractivity contribution in [1.29, 1.82) is 0 Å². The Bertz CT molecular complexity index is 690. The third-order valence-corrected chi connectivity index (χ3v) is 6.05. The Morgan fingerprint density at radius 3 is 2.60 bits per heavy atom. The van der Waals surface area contributed by atoms with Crippen LogP contribution in [0.5, 0.6) is 5.75 Å². The summed E-state index contributed by atoms with van der Waals surface area (Å²) < 4.78 is 37.7. The Morgan fingerprint density at radius 2 is 2.08 bits per heavy atom. The van der Waals surface area contributed by atoms with Crippen molar-refractivity contribution in [3.63, 3.8) is 0 Å². The number of carbonyl (C=O) groups is 1. The zero-order valence-electron chi connectivity index (χ0n) is 14.6. The molecular formula is C16H25ClN2O5S. The number of halogens is 1. The fourth-order valence-corrected chi connectivity index (χ4v) is 4.74. The van der Waals surface area contributed by atoms with Crippen LogP contribution < -0.4 is 10.1 Å². The molecule has 25 heavy (non-hydrogen) atoms. The predicted octanol–water partition coefficient (Wildman–Crippen LogP) is 1.67. The molecule has 0 aliphatic carbocycles. The summed E-state index contributed by atoms with van der Waals surface area (Å²) in [4.78, 5) is 11.7. The molecular weight excluding hydrogens is 368 g/mol. The first kappa shape index (κ1) is 21.7. The third-order valence-electron chi connectivity index (χ3n) is 4.06. The number of hydrogen-bond acceptors (Lipinski definition) is 6. The van der Waals surface area contributed by atoms with Gasteiger partial charge < -0.3 is 14.8 Å². The molecule has 9 heteroatoms. The van der Waals surface area contributed by atoms with E-state index < -0.39 is 16.0 Å². The van der Waals surface area contributed by atoms with E-state index in [4.69, 9.17) is 4.74 Å². The number of sulfonamides is 1. The van der Waals surface area contributed by atoms with E-state index in [0.717, 1.165) is 19.4 Å². The zero-order chi connectivity index (χ0) is 17.7. The van der Waals surface area contributed by atoms with Gasteiger partial charge in [-0.15, -0.1) is 12.4 Å². The molecule has 1 heterocycles. The highest BCUT2D eigenvalue weighted by atomic mass is 35.5. The second-order valence-corrected chi connectivity index (χ2v) is 7.48. The molecule has 1 N–H and O–H groups in total. The molecule has 1 aromatic rings. The molecule has 7 nitrogen and oxygen atoms in total. The number of nitrogens with zero attached hydrogens (tertiary/aromatic N) is 1. The number of ether oxygens (including phenoxy) is 2. The first-order valence-electron chi connectivity index (χ1n) is 7.94. The maximum absolute atomic E-state index is 13.1. The van der Waals surface area contributed by atoms with E-state index in [0.29, 0.717) is 13.1 Å². The van der Waals surface area contributed by atoms with Crippen LogP contribution in [0.15, 0.2) is 23.1 Å². The molecule has 1 fully saturated rings. The molecule has 0 spiro atoms. The first-order valence-corrected chi connectivity index (χ1v) is 9.38. The first-order chi connectivity index (χ1) is 11.5. The summed E-state index contributed by atoms with van der Waals surface area (Å²) in [5, 5.41) is 3.20. The smallest absolute Gasteiger partial charge is 0.337 e. The van der Waals surface area contributed by atoms with Crippen molar-refractivity contribution in [1.82, 2.24) is 9.62 Å². The van der Waals surface area contributed by atoms with Crippen LogP contribution in [-0.4, -0.2) is 58.6 Å². The number of benzene rings is 1. The van der Waals surface area contributed by atoms with Gasteiger partial charge in [0.2, 0.25) is 10.0 Å². The van der Waals surface area contributed by atoms with Crippen molar-refractivity contribution < 1.29 is 22.7 Å². The Morgan fingerprint density at radius 1 is 1.36 bits per heavy atom. The largest absolute Gasteiger partial charge is 0.495 e. The van der Waals surface area contributed by atoms with Gasteiger partial charge in [0.25, 0.3) is 0 Å². The topological polar surface area (TPSA) is 84.9 Å². The maximum atomic E-state index is 13.1. The fourth-order valence-electron chi connectivity index (χ4n) is 2.86. The molecule has 1 aromatic carbocycles. The second kappa shape index (κ2) is 9.38. The van der Waals surface area contributed by atoms with E-state index in [2.05, 4.69) is 10.1 Å². The molecule has 0 saturated carbocycles. The number of nitrogens with one attached hydrogen (secondary N) is 1. The quantitative estimate of drug-likeness (QED) is 0.710. The Hall–Kier alpha value is -1.35. The lowest BCUT2D eigenvalue weighted by Crippen LogP contribution is -2.42. The highest BCUT2D eigenvalue weighted by Gasteiger charge is 2.34. The van der Waals surface area contributed by atoms with Gasteiger partial charge in [0.15, 0.2) is 0 Å². The predicted molar refractivity (Wildman–Crippen MR) is 97.0 cm³/mol. The summed E-state index contributed by atoms with van der Waals surface area (Å²) in [5.74, 6) is -0.396. The molecule has 142 valence electrons. The minimum absolute atomic E-state index is 0. The Balaban J connectivity index is 0.00000312. The minimum atomic E-state index is -3.72. The average Bonchev–Trinajstić information content (AvgIpc) is 3.12. The van der Waals surface area contributed by atoms with Crippen molar-refractivity contribution in [3.8, 4) is 5.75 Å². The highest BCUT2D eigenvalue weighted by molar-refractivity contribution is 7.89.